The second-order valence-corrected chi connectivity index (χ2v) is 6.85. The van der Waals surface area contributed by atoms with Gasteiger partial charge in [-0.1, -0.05) is 31.5 Å². The number of benzene rings is 1. The first-order valence-electron chi connectivity index (χ1n) is 9.65. The summed E-state index contributed by atoms with van der Waals surface area (Å²) in [5, 5.41) is 10.7. The van der Waals surface area contributed by atoms with E-state index in [9.17, 15) is 9.90 Å². The molecule has 0 radical (unpaired) electrons. The number of aliphatic hydroxyl groups excluding tert-OH is 1. The lowest BCUT2D eigenvalue weighted by Crippen LogP contribution is -2.05. The number of rotatable bonds is 9. The topological polar surface area (TPSA) is 77.2 Å². The normalized spacial score (nSPS) is 12.6. The minimum absolute atomic E-state index is 0.0428. The van der Waals surface area contributed by atoms with Crippen molar-refractivity contribution < 1.29 is 14.6 Å². The van der Waals surface area contributed by atoms with Crippen LogP contribution >= 0.6 is 0 Å². The Balaban J connectivity index is 1.80. The van der Waals surface area contributed by atoms with Crippen LogP contribution in [0.2, 0.25) is 0 Å². The molecular weight excluding hydrogens is 342 g/mol. The van der Waals surface area contributed by atoms with Gasteiger partial charge < -0.3 is 14.4 Å². The number of unbranched alkanes of at least 4 members (excludes halogenated alkanes) is 2. The lowest BCUT2D eigenvalue weighted by molar-refractivity contribution is -0.143. The lowest BCUT2D eigenvalue weighted by atomic mass is 10.0. The summed E-state index contributed by atoms with van der Waals surface area (Å²) in [6, 6.07) is 8.05. The van der Waals surface area contributed by atoms with Gasteiger partial charge in [0.1, 0.15) is 5.52 Å². The molecule has 0 aliphatic heterocycles. The predicted octanol–water partition coefficient (Wildman–Crippen LogP) is 3.80. The Morgan fingerprint density at radius 1 is 1.26 bits per heavy atom. The third-order valence-corrected chi connectivity index (χ3v) is 4.81. The monoisotopic (exact) mass is 369 g/mol. The van der Waals surface area contributed by atoms with Gasteiger partial charge in [0, 0.05) is 24.3 Å². The minimum atomic E-state index is -0.120. The fourth-order valence-electron chi connectivity index (χ4n) is 3.37. The summed E-state index contributed by atoms with van der Waals surface area (Å²) < 4.78 is 7.13. The summed E-state index contributed by atoms with van der Waals surface area (Å²) in [7, 11) is 0. The molecule has 0 bridgehead atoms. The van der Waals surface area contributed by atoms with Gasteiger partial charge in [-0.3, -0.25) is 9.78 Å². The summed E-state index contributed by atoms with van der Waals surface area (Å²) in [4.78, 5) is 20.8. The van der Waals surface area contributed by atoms with Crippen molar-refractivity contribution in [2.45, 2.75) is 52.0 Å². The Hall–Kier alpha value is -2.47. The van der Waals surface area contributed by atoms with Gasteiger partial charge in [-0.25, -0.2) is 4.98 Å². The zero-order valence-electron chi connectivity index (χ0n) is 16.0. The molecule has 0 saturated heterocycles. The van der Waals surface area contributed by atoms with Crippen LogP contribution in [0.1, 0.15) is 51.1 Å². The van der Waals surface area contributed by atoms with E-state index in [2.05, 4.69) is 15.6 Å². The van der Waals surface area contributed by atoms with Crippen LogP contribution in [0.5, 0.6) is 0 Å². The van der Waals surface area contributed by atoms with Crippen molar-refractivity contribution in [2.75, 3.05) is 13.2 Å². The zero-order valence-corrected chi connectivity index (χ0v) is 16.0. The number of hydrogen-bond donors (Lipinski definition) is 1. The first-order chi connectivity index (χ1) is 13.2. The Morgan fingerprint density at radius 3 is 2.85 bits per heavy atom. The highest BCUT2D eigenvalue weighted by Crippen LogP contribution is 2.29. The SMILES string of the molecule is CCOC(=O)CCCCCn1cnc2c([C@H](C)CO)nc3ccccc3c21. The largest absolute Gasteiger partial charge is 0.466 e. The maximum Gasteiger partial charge on any atom is 0.305 e. The smallest absolute Gasteiger partial charge is 0.305 e. The number of hydrogen-bond acceptors (Lipinski definition) is 5. The molecular formula is C21H27N3O3. The molecule has 0 spiro atoms. The number of ether oxygens (including phenoxy) is 1. The number of aliphatic hydroxyl groups is 1. The van der Waals surface area contributed by atoms with Gasteiger partial charge in [0.15, 0.2) is 0 Å². The van der Waals surface area contributed by atoms with E-state index in [1.165, 1.54) is 0 Å². The lowest BCUT2D eigenvalue weighted by Gasteiger charge is -2.12. The number of imidazole rings is 1. The van der Waals surface area contributed by atoms with Crippen molar-refractivity contribution in [1.29, 1.82) is 0 Å². The number of aromatic nitrogens is 3. The quantitative estimate of drug-likeness (QED) is 0.458. The molecule has 1 N–H and O–H groups in total. The molecule has 1 aromatic carbocycles. The molecule has 0 amide bonds. The molecule has 6 heteroatoms. The highest BCUT2D eigenvalue weighted by atomic mass is 16.5. The molecule has 3 aromatic rings. The van der Waals surface area contributed by atoms with Gasteiger partial charge in [0.05, 0.1) is 36.3 Å². The van der Waals surface area contributed by atoms with Gasteiger partial charge in [-0.15, -0.1) is 0 Å². The van der Waals surface area contributed by atoms with Crippen molar-refractivity contribution in [3.63, 3.8) is 0 Å². The summed E-state index contributed by atoms with van der Waals surface area (Å²) >= 11 is 0. The highest BCUT2D eigenvalue weighted by Gasteiger charge is 2.17. The summed E-state index contributed by atoms with van der Waals surface area (Å²) in [6.45, 7) is 5.11. The molecule has 1 atom stereocenters. The van der Waals surface area contributed by atoms with Crippen LogP contribution in [0.4, 0.5) is 0 Å². The Kier molecular flexibility index (Phi) is 6.40. The molecule has 6 nitrogen and oxygen atoms in total. The fourth-order valence-corrected chi connectivity index (χ4v) is 3.37. The van der Waals surface area contributed by atoms with Crippen LogP contribution in [-0.2, 0) is 16.1 Å². The number of carbonyl (C=O) groups is 1. The zero-order chi connectivity index (χ0) is 19.2. The standard InChI is InChI=1S/C21H27N3O3/c1-3-27-18(26)11-5-4-8-12-24-14-22-20-19(15(2)13-25)23-17-10-7-6-9-16(17)21(20)24/h6-7,9-10,14-15,25H,3-5,8,11-13H2,1-2H3/t15-/m1/s1. The molecule has 0 fully saturated rings. The maximum absolute atomic E-state index is 11.4. The summed E-state index contributed by atoms with van der Waals surface area (Å²) in [5.74, 6) is -0.185. The Labute approximate surface area is 159 Å². The van der Waals surface area contributed by atoms with Crippen LogP contribution < -0.4 is 0 Å². The molecule has 2 aromatic heterocycles. The number of aryl methyl sites for hydroxylation is 1. The van der Waals surface area contributed by atoms with Gasteiger partial charge in [-0.05, 0) is 25.8 Å². The second kappa shape index (κ2) is 8.95. The van der Waals surface area contributed by atoms with E-state index in [0.29, 0.717) is 13.0 Å². The number of fused-ring (bicyclic) bond motifs is 3. The fraction of sp³-hybridized carbons (Fsp3) is 0.476. The van der Waals surface area contributed by atoms with E-state index in [0.717, 1.165) is 53.4 Å². The summed E-state index contributed by atoms with van der Waals surface area (Å²) in [5.41, 5.74) is 3.69. The molecule has 0 aliphatic carbocycles. The van der Waals surface area contributed by atoms with Crippen molar-refractivity contribution in [3.05, 3.63) is 36.3 Å². The van der Waals surface area contributed by atoms with Crippen LogP contribution in [0.3, 0.4) is 0 Å². The van der Waals surface area contributed by atoms with Crippen LogP contribution in [0.15, 0.2) is 30.6 Å². The molecule has 3 rings (SSSR count). The number of esters is 1. The van der Waals surface area contributed by atoms with Crippen LogP contribution in [-0.4, -0.2) is 38.8 Å². The molecule has 0 unspecified atom stereocenters. The van der Waals surface area contributed by atoms with E-state index in [4.69, 9.17) is 9.72 Å². The van der Waals surface area contributed by atoms with E-state index >= 15 is 0 Å². The van der Waals surface area contributed by atoms with Gasteiger partial charge in [-0.2, -0.15) is 0 Å². The van der Waals surface area contributed by atoms with Crippen molar-refractivity contribution in [2.24, 2.45) is 0 Å². The van der Waals surface area contributed by atoms with Crippen LogP contribution in [0.25, 0.3) is 21.9 Å². The van der Waals surface area contributed by atoms with Gasteiger partial charge in [0.2, 0.25) is 0 Å². The number of pyridine rings is 1. The third-order valence-electron chi connectivity index (χ3n) is 4.81. The average molecular weight is 369 g/mol. The Morgan fingerprint density at radius 2 is 2.07 bits per heavy atom. The third kappa shape index (κ3) is 4.27. The molecule has 2 heterocycles. The number of para-hydroxylation sites is 1. The molecule has 27 heavy (non-hydrogen) atoms. The molecule has 0 aliphatic rings. The number of nitrogens with zero attached hydrogens (tertiary/aromatic N) is 3. The van der Waals surface area contributed by atoms with Crippen molar-refractivity contribution in [1.82, 2.24) is 14.5 Å². The van der Waals surface area contributed by atoms with E-state index in [-0.39, 0.29) is 18.5 Å². The van der Waals surface area contributed by atoms with Crippen LogP contribution in [0, 0.1) is 0 Å². The Bertz CT molecular complexity index is 920. The van der Waals surface area contributed by atoms with E-state index in [1.807, 2.05) is 38.4 Å². The predicted molar refractivity (Wildman–Crippen MR) is 106 cm³/mol. The van der Waals surface area contributed by atoms with Gasteiger partial charge in [0.25, 0.3) is 0 Å². The van der Waals surface area contributed by atoms with Gasteiger partial charge >= 0.3 is 5.97 Å². The molecule has 144 valence electrons. The maximum atomic E-state index is 11.4. The molecule has 0 saturated carbocycles. The number of carbonyl (C=O) groups excluding carboxylic acids is 1. The van der Waals surface area contributed by atoms with E-state index in [1.54, 1.807) is 0 Å². The highest BCUT2D eigenvalue weighted by molar-refractivity contribution is 6.03. The first-order valence-corrected chi connectivity index (χ1v) is 9.65. The van der Waals surface area contributed by atoms with Crippen molar-refractivity contribution in [3.8, 4) is 0 Å². The minimum Gasteiger partial charge on any atom is -0.466 e. The van der Waals surface area contributed by atoms with E-state index < -0.39 is 0 Å². The summed E-state index contributed by atoms with van der Waals surface area (Å²) in [6.07, 6.45) is 5.09. The van der Waals surface area contributed by atoms with Crippen molar-refractivity contribution >= 4 is 27.9 Å². The first kappa shape index (κ1) is 19.3. The average Bonchev–Trinajstić information content (AvgIpc) is 3.11. The second-order valence-electron chi connectivity index (χ2n) is 6.85.